The molecule has 0 spiro atoms. The third-order valence-electron chi connectivity index (χ3n) is 3.68. The first-order chi connectivity index (χ1) is 11.5. The van der Waals surface area contributed by atoms with Gasteiger partial charge < -0.3 is 10.4 Å². The van der Waals surface area contributed by atoms with Gasteiger partial charge in [-0.2, -0.15) is 0 Å². The molecule has 3 amide bonds. The van der Waals surface area contributed by atoms with E-state index in [0.29, 0.717) is 11.1 Å². The van der Waals surface area contributed by atoms with E-state index in [9.17, 15) is 19.2 Å². The number of amides is 3. The summed E-state index contributed by atoms with van der Waals surface area (Å²) in [6, 6.07) is 5.42. The molecule has 0 saturated heterocycles. The maximum atomic E-state index is 12.2. The fourth-order valence-corrected chi connectivity index (χ4v) is 2.42. The molecule has 1 aromatic rings. The van der Waals surface area contributed by atoms with Crippen molar-refractivity contribution in [2.45, 2.75) is 25.8 Å². The van der Waals surface area contributed by atoms with Crippen LogP contribution in [0.15, 0.2) is 36.4 Å². The number of carboxylic acids is 1. The van der Waals surface area contributed by atoms with Gasteiger partial charge in [0.25, 0.3) is 11.8 Å². The topological polar surface area (TPSA) is 104 Å². The van der Waals surface area contributed by atoms with Gasteiger partial charge in [-0.25, -0.2) is 4.79 Å². The van der Waals surface area contributed by atoms with Gasteiger partial charge in [0.1, 0.15) is 6.04 Å². The van der Waals surface area contributed by atoms with E-state index in [4.69, 9.17) is 5.11 Å². The number of fused-ring (bicyclic) bond motifs is 1. The third-order valence-corrected chi connectivity index (χ3v) is 3.68. The van der Waals surface area contributed by atoms with Gasteiger partial charge in [0, 0.05) is 13.0 Å². The number of carbonyl (C=O) groups is 4. The second kappa shape index (κ2) is 7.54. The van der Waals surface area contributed by atoms with Crippen LogP contribution in [-0.2, 0) is 9.59 Å². The Morgan fingerprint density at radius 3 is 2.29 bits per heavy atom. The summed E-state index contributed by atoms with van der Waals surface area (Å²) in [4.78, 5) is 48.3. The van der Waals surface area contributed by atoms with Crippen molar-refractivity contribution in [2.75, 3.05) is 6.54 Å². The maximum Gasteiger partial charge on any atom is 0.326 e. The lowest BCUT2D eigenvalue weighted by Crippen LogP contribution is -2.42. The molecule has 1 unspecified atom stereocenters. The minimum Gasteiger partial charge on any atom is -0.480 e. The minimum atomic E-state index is -1.14. The van der Waals surface area contributed by atoms with Gasteiger partial charge in [0.2, 0.25) is 5.91 Å². The highest BCUT2D eigenvalue weighted by molar-refractivity contribution is 6.21. The van der Waals surface area contributed by atoms with Crippen molar-refractivity contribution in [1.82, 2.24) is 10.2 Å². The molecule has 126 valence electrons. The Balaban J connectivity index is 1.94. The SMILES string of the molecule is C/C=C/CC(NC(=O)CCN1C(=O)c2ccccc2C1=O)C(=O)O. The number of nitrogens with one attached hydrogen (secondary N) is 1. The average Bonchev–Trinajstić information content (AvgIpc) is 2.81. The molecule has 0 aliphatic carbocycles. The van der Waals surface area contributed by atoms with Crippen LogP contribution in [0.25, 0.3) is 0 Å². The number of carboxylic acid groups (broad SMARTS) is 1. The molecule has 1 aliphatic rings. The highest BCUT2D eigenvalue weighted by Gasteiger charge is 2.35. The Morgan fingerprint density at radius 2 is 1.79 bits per heavy atom. The van der Waals surface area contributed by atoms with Crippen LogP contribution in [0.5, 0.6) is 0 Å². The first kappa shape index (κ1) is 17.4. The van der Waals surface area contributed by atoms with Crippen LogP contribution in [0, 0.1) is 0 Å². The lowest BCUT2D eigenvalue weighted by Gasteiger charge is -2.16. The van der Waals surface area contributed by atoms with Gasteiger partial charge in [-0.1, -0.05) is 24.3 Å². The van der Waals surface area contributed by atoms with Gasteiger partial charge in [-0.15, -0.1) is 0 Å². The number of aliphatic carboxylic acids is 1. The van der Waals surface area contributed by atoms with Crippen molar-refractivity contribution >= 4 is 23.7 Å². The molecule has 0 fully saturated rings. The zero-order valence-electron chi connectivity index (χ0n) is 13.2. The van der Waals surface area contributed by atoms with Crippen molar-refractivity contribution in [3.05, 3.63) is 47.5 Å². The molecule has 7 heteroatoms. The fraction of sp³-hybridized carbons (Fsp3) is 0.294. The van der Waals surface area contributed by atoms with E-state index in [1.54, 1.807) is 43.3 Å². The molecule has 7 nitrogen and oxygen atoms in total. The van der Waals surface area contributed by atoms with Crippen LogP contribution >= 0.6 is 0 Å². The Labute approximate surface area is 139 Å². The van der Waals surface area contributed by atoms with Crippen LogP contribution in [0.4, 0.5) is 0 Å². The summed E-state index contributed by atoms with van der Waals surface area (Å²) >= 11 is 0. The summed E-state index contributed by atoms with van der Waals surface area (Å²) in [5.41, 5.74) is 0.638. The first-order valence-corrected chi connectivity index (χ1v) is 7.54. The van der Waals surface area contributed by atoms with Crippen molar-refractivity contribution in [1.29, 1.82) is 0 Å². The Hall–Kier alpha value is -2.96. The quantitative estimate of drug-likeness (QED) is 0.578. The van der Waals surface area contributed by atoms with Crippen molar-refractivity contribution in [2.24, 2.45) is 0 Å². The number of imide groups is 1. The number of hydrogen-bond acceptors (Lipinski definition) is 4. The van der Waals surface area contributed by atoms with Crippen molar-refractivity contribution in [3.63, 3.8) is 0 Å². The van der Waals surface area contributed by atoms with E-state index in [0.717, 1.165) is 4.90 Å². The smallest absolute Gasteiger partial charge is 0.326 e. The highest BCUT2D eigenvalue weighted by Crippen LogP contribution is 2.22. The summed E-state index contributed by atoms with van der Waals surface area (Å²) in [6.45, 7) is 1.66. The lowest BCUT2D eigenvalue weighted by atomic mass is 10.1. The highest BCUT2D eigenvalue weighted by atomic mass is 16.4. The molecular formula is C17H18N2O5. The minimum absolute atomic E-state index is 0.0892. The molecule has 2 rings (SSSR count). The van der Waals surface area contributed by atoms with Gasteiger partial charge in [0.05, 0.1) is 11.1 Å². The molecule has 2 N–H and O–H groups in total. The normalized spacial score (nSPS) is 14.8. The molecule has 0 aromatic heterocycles. The number of hydrogen-bond donors (Lipinski definition) is 2. The van der Waals surface area contributed by atoms with E-state index < -0.39 is 29.7 Å². The molecule has 1 atom stereocenters. The zero-order valence-corrected chi connectivity index (χ0v) is 13.2. The molecule has 24 heavy (non-hydrogen) atoms. The maximum absolute atomic E-state index is 12.2. The lowest BCUT2D eigenvalue weighted by molar-refractivity contribution is -0.141. The fourth-order valence-electron chi connectivity index (χ4n) is 2.42. The molecule has 1 heterocycles. The summed E-state index contributed by atoms with van der Waals surface area (Å²) in [5.74, 6) is -2.54. The van der Waals surface area contributed by atoms with Crippen molar-refractivity contribution < 1.29 is 24.3 Å². The predicted molar refractivity (Wildman–Crippen MR) is 85.4 cm³/mol. The molecule has 0 radical (unpaired) electrons. The van der Waals surface area contributed by atoms with Crippen LogP contribution in [0.2, 0.25) is 0 Å². The predicted octanol–water partition coefficient (Wildman–Crippen LogP) is 1.21. The summed E-state index contributed by atoms with van der Waals surface area (Å²) in [5, 5.41) is 11.5. The van der Waals surface area contributed by atoms with E-state index >= 15 is 0 Å². The number of allylic oxidation sites excluding steroid dienone is 1. The number of benzene rings is 1. The average molecular weight is 330 g/mol. The molecule has 1 aliphatic heterocycles. The second-order valence-electron chi connectivity index (χ2n) is 5.32. The van der Waals surface area contributed by atoms with Crippen LogP contribution < -0.4 is 5.32 Å². The molecule has 1 aromatic carbocycles. The molecular weight excluding hydrogens is 312 g/mol. The Morgan fingerprint density at radius 1 is 1.21 bits per heavy atom. The van der Waals surface area contributed by atoms with E-state index in [1.165, 1.54) is 0 Å². The monoisotopic (exact) mass is 330 g/mol. The van der Waals surface area contributed by atoms with Gasteiger partial charge in [0.15, 0.2) is 0 Å². The van der Waals surface area contributed by atoms with Crippen LogP contribution in [0.1, 0.15) is 40.5 Å². The standard InChI is InChI=1S/C17H18N2O5/c1-2-3-8-13(17(23)24)18-14(20)9-10-19-15(21)11-6-4-5-7-12(11)16(19)22/h2-7,13H,8-10H2,1H3,(H,18,20)(H,23,24)/b3-2+. The third kappa shape index (κ3) is 3.68. The van der Waals surface area contributed by atoms with E-state index in [2.05, 4.69) is 5.32 Å². The summed E-state index contributed by atoms with van der Waals surface area (Å²) in [6.07, 6.45) is 3.36. The van der Waals surface area contributed by atoms with Crippen molar-refractivity contribution in [3.8, 4) is 0 Å². The van der Waals surface area contributed by atoms with Gasteiger partial charge in [-0.05, 0) is 25.5 Å². The summed E-state index contributed by atoms with van der Waals surface area (Å²) < 4.78 is 0. The van der Waals surface area contributed by atoms with Gasteiger partial charge in [-0.3, -0.25) is 19.3 Å². The Bertz CT molecular complexity index is 676. The summed E-state index contributed by atoms with van der Waals surface area (Å²) in [7, 11) is 0. The zero-order chi connectivity index (χ0) is 17.7. The largest absolute Gasteiger partial charge is 0.480 e. The second-order valence-corrected chi connectivity index (χ2v) is 5.32. The van der Waals surface area contributed by atoms with E-state index in [-0.39, 0.29) is 19.4 Å². The number of carbonyl (C=O) groups excluding carboxylic acids is 3. The van der Waals surface area contributed by atoms with E-state index in [1.807, 2.05) is 0 Å². The molecule has 0 saturated carbocycles. The van der Waals surface area contributed by atoms with Gasteiger partial charge >= 0.3 is 5.97 Å². The Kier molecular flexibility index (Phi) is 5.47. The first-order valence-electron chi connectivity index (χ1n) is 7.54. The van der Waals surface area contributed by atoms with Crippen LogP contribution in [-0.4, -0.2) is 46.3 Å². The van der Waals surface area contributed by atoms with Crippen LogP contribution in [0.3, 0.4) is 0 Å². The molecule has 0 bridgehead atoms. The number of rotatable bonds is 7. The number of nitrogens with zero attached hydrogens (tertiary/aromatic N) is 1.